The maximum absolute atomic E-state index is 5.98. The zero-order valence-electron chi connectivity index (χ0n) is 10.1. The quantitative estimate of drug-likeness (QED) is 0.856. The molecular formula is C14H20N2O. The monoisotopic (exact) mass is 232 g/mol. The third-order valence-electron chi connectivity index (χ3n) is 3.92. The van der Waals surface area contributed by atoms with E-state index in [9.17, 15) is 0 Å². The summed E-state index contributed by atoms with van der Waals surface area (Å²) < 4.78 is 5.98. The standard InChI is InChI=1S/C14H20N2O/c15-9-12-5-3-7-16(12)10-13-8-11-4-1-2-6-14(11)17-13/h1-2,4,6,12-13H,3,5,7-10,15H2. The fraction of sp³-hybridized carbons (Fsp3) is 0.571. The van der Waals surface area contributed by atoms with Crippen LogP contribution in [0.3, 0.4) is 0 Å². The van der Waals surface area contributed by atoms with Gasteiger partial charge >= 0.3 is 0 Å². The molecule has 0 radical (unpaired) electrons. The topological polar surface area (TPSA) is 38.5 Å². The van der Waals surface area contributed by atoms with Gasteiger partial charge in [-0.2, -0.15) is 0 Å². The van der Waals surface area contributed by atoms with E-state index in [1.54, 1.807) is 0 Å². The molecule has 0 saturated carbocycles. The molecule has 1 fully saturated rings. The Bertz CT molecular complexity index is 369. The number of benzene rings is 1. The molecule has 1 saturated heterocycles. The van der Waals surface area contributed by atoms with Crippen molar-refractivity contribution >= 4 is 0 Å². The Morgan fingerprint density at radius 1 is 1.35 bits per heavy atom. The summed E-state index contributed by atoms with van der Waals surface area (Å²) in [4.78, 5) is 2.50. The summed E-state index contributed by atoms with van der Waals surface area (Å²) in [5.74, 6) is 1.07. The molecule has 0 aromatic heterocycles. The Morgan fingerprint density at radius 3 is 3.06 bits per heavy atom. The zero-order valence-corrected chi connectivity index (χ0v) is 10.1. The molecule has 1 aromatic rings. The molecule has 1 aromatic carbocycles. The van der Waals surface area contributed by atoms with Gasteiger partial charge in [-0.25, -0.2) is 0 Å². The fourth-order valence-corrected chi connectivity index (χ4v) is 3.02. The van der Waals surface area contributed by atoms with Crippen molar-refractivity contribution in [3.8, 4) is 5.75 Å². The largest absolute Gasteiger partial charge is 0.488 e. The van der Waals surface area contributed by atoms with Crippen LogP contribution in [0.1, 0.15) is 18.4 Å². The second kappa shape index (κ2) is 4.67. The molecule has 2 unspecified atom stereocenters. The van der Waals surface area contributed by atoms with Crippen LogP contribution in [0.25, 0.3) is 0 Å². The number of para-hydroxylation sites is 1. The van der Waals surface area contributed by atoms with Crippen LogP contribution >= 0.6 is 0 Å². The van der Waals surface area contributed by atoms with Gasteiger partial charge in [-0.05, 0) is 31.0 Å². The van der Waals surface area contributed by atoms with E-state index in [1.807, 2.05) is 6.07 Å². The SMILES string of the molecule is NCC1CCCN1CC1Cc2ccccc2O1. The maximum Gasteiger partial charge on any atom is 0.123 e. The first-order chi connectivity index (χ1) is 8.36. The van der Waals surface area contributed by atoms with Crippen molar-refractivity contribution in [2.24, 2.45) is 5.73 Å². The second-order valence-electron chi connectivity index (χ2n) is 5.08. The van der Waals surface area contributed by atoms with Crippen LogP contribution in [0.2, 0.25) is 0 Å². The molecule has 17 heavy (non-hydrogen) atoms. The van der Waals surface area contributed by atoms with Gasteiger partial charge in [0, 0.05) is 25.6 Å². The summed E-state index contributed by atoms with van der Waals surface area (Å²) in [6.45, 7) is 2.98. The number of ether oxygens (including phenoxy) is 1. The van der Waals surface area contributed by atoms with Crippen LogP contribution in [0.5, 0.6) is 5.75 Å². The van der Waals surface area contributed by atoms with E-state index >= 15 is 0 Å². The average Bonchev–Trinajstić information content (AvgIpc) is 2.94. The lowest BCUT2D eigenvalue weighted by Gasteiger charge is -2.25. The molecular weight excluding hydrogens is 212 g/mol. The van der Waals surface area contributed by atoms with Crippen LogP contribution in [-0.4, -0.2) is 36.7 Å². The molecule has 0 spiro atoms. The lowest BCUT2D eigenvalue weighted by Crippen LogP contribution is -2.41. The van der Waals surface area contributed by atoms with E-state index in [2.05, 4.69) is 23.1 Å². The van der Waals surface area contributed by atoms with Crippen molar-refractivity contribution in [1.82, 2.24) is 4.90 Å². The third-order valence-corrected chi connectivity index (χ3v) is 3.92. The predicted molar refractivity (Wildman–Crippen MR) is 68.2 cm³/mol. The molecule has 2 atom stereocenters. The van der Waals surface area contributed by atoms with Crippen molar-refractivity contribution in [3.05, 3.63) is 29.8 Å². The number of likely N-dealkylation sites (tertiary alicyclic amines) is 1. The highest BCUT2D eigenvalue weighted by Gasteiger charge is 2.29. The number of rotatable bonds is 3. The van der Waals surface area contributed by atoms with Gasteiger partial charge in [-0.15, -0.1) is 0 Å². The fourth-order valence-electron chi connectivity index (χ4n) is 3.02. The van der Waals surface area contributed by atoms with Crippen molar-refractivity contribution in [3.63, 3.8) is 0 Å². The molecule has 92 valence electrons. The minimum Gasteiger partial charge on any atom is -0.488 e. The van der Waals surface area contributed by atoms with Gasteiger partial charge in [0.1, 0.15) is 11.9 Å². The van der Waals surface area contributed by atoms with Crippen LogP contribution in [0.4, 0.5) is 0 Å². The van der Waals surface area contributed by atoms with E-state index in [1.165, 1.54) is 24.9 Å². The lowest BCUT2D eigenvalue weighted by atomic mass is 10.1. The van der Waals surface area contributed by atoms with Gasteiger partial charge in [-0.1, -0.05) is 18.2 Å². The maximum atomic E-state index is 5.98. The smallest absolute Gasteiger partial charge is 0.123 e. The molecule has 0 bridgehead atoms. The Morgan fingerprint density at radius 2 is 2.24 bits per heavy atom. The van der Waals surface area contributed by atoms with Crippen molar-refractivity contribution in [2.45, 2.75) is 31.4 Å². The number of fused-ring (bicyclic) bond motifs is 1. The van der Waals surface area contributed by atoms with E-state index in [4.69, 9.17) is 10.5 Å². The number of nitrogens with two attached hydrogens (primary N) is 1. The summed E-state index contributed by atoms with van der Waals surface area (Å²) in [7, 11) is 0. The molecule has 0 amide bonds. The normalized spacial score (nSPS) is 28.1. The van der Waals surface area contributed by atoms with Crippen molar-refractivity contribution in [1.29, 1.82) is 0 Å². The first-order valence-electron chi connectivity index (χ1n) is 6.55. The first kappa shape index (κ1) is 11.1. The van der Waals surface area contributed by atoms with Crippen LogP contribution < -0.4 is 10.5 Å². The summed E-state index contributed by atoms with van der Waals surface area (Å²) in [6.07, 6.45) is 3.89. The molecule has 3 rings (SSSR count). The Balaban J connectivity index is 1.62. The number of nitrogens with zero attached hydrogens (tertiary/aromatic N) is 1. The van der Waals surface area contributed by atoms with Crippen molar-refractivity contribution in [2.75, 3.05) is 19.6 Å². The van der Waals surface area contributed by atoms with Gasteiger partial charge in [0.2, 0.25) is 0 Å². The highest BCUT2D eigenvalue weighted by atomic mass is 16.5. The van der Waals surface area contributed by atoms with E-state index in [0.29, 0.717) is 12.1 Å². The number of hydrogen-bond donors (Lipinski definition) is 1. The van der Waals surface area contributed by atoms with Crippen LogP contribution in [-0.2, 0) is 6.42 Å². The zero-order chi connectivity index (χ0) is 11.7. The average molecular weight is 232 g/mol. The molecule has 3 heteroatoms. The Hall–Kier alpha value is -1.06. The summed E-state index contributed by atoms with van der Waals surface area (Å²) >= 11 is 0. The number of hydrogen-bond acceptors (Lipinski definition) is 3. The minimum absolute atomic E-state index is 0.319. The highest BCUT2D eigenvalue weighted by Crippen LogP contribution is 2.29. The summed E-state index contributed by atoms with van der Waals surface area (Å²) in [5, 5.41) is 0. The van der Waals surface area contributed by atoms with E-state index < -0.39 is 0 Å². The molecule has 2 heterocycles. The van der Waals surface area contributed by atoms with Gasteiger partial charge in [0.15, 0.2) is 0 Å². The second-order valence-corrected chi connectivity index (χ2v) is 5.08. The van der Waals surface area contributed by atoms with E-state index in [-0.39, 0.29) is 0 Å². The predicted octanol–water partition coefficient (Wildman–Crippen LogP) is 1.41. The summed E-state index contributed by atoms with van der Waals surface area (Å²) in [6, 6.07) is 8.94. The van der Waals surface area contributed by atoms with Crippen LogP contribution in [0, 0.1) is 0 Å². The lowest BCUT2D eigenvalue weighted by molar-refractivity contribution is 0.143. The van der Waals surface area contributed by atoms with Gasteiger partial charge in [0.05, 0.1) is 0 Å². The first-order valence-corrected chi connectivity index (χ1v) is 6.55. The van der Waals surface area contributed by atoms with Gasteiger partial charge < -0.3 is 10.5 Å². The Kier molecular flexibility index (Phi) is 3.04. The van der Waals surface area contributed by atoms with Gasteiger partial charge in [0.25, 0.3) is 0 Å². The minimum atomic E-state index is 0.319. The van der Waals surface area contributed by atoms with E-state index in [0.717, 1.165) is 25.3 Å². The molecule has 3 nitrogen and oxygen atoms in total. The van der Waals surface area contributed by atoms with Crippen LogP contribution in [0.15, 0.2) is 24.3 Å². The highest BCUT2D eigenvalue weighted by molar-refractivity contribution is 5.37. The molecule has 2 N–H and O–H groups in total. The molecule has 2 aliphatic heterocycles. The summed E-state index contributed by atoms with van der Waals surface area (Å²) in [5.41, 5.74) is 7.15. The molecule has 2 aliphatic rings. The van der Waals surface area contributed by atoms with Crippen molar-refractivity contribution < 1.29 is 4.74 Å². The molecule has 0 aliphatic carbocycles. The third kappa shape index (κ3) is 2.17. The Labute approximate surface area is 103 Å². The van der Waals surface area contributed by atoms with Gasteiger partial charge in [-0.3, -0.25) is 4.90 Å².